The van der Waals surface area contributed by atoms with Crippen LogP contribution in [0, 0.1) is 0 Å². The molecule has 0 spiro atoms. The van der Waals surface area contributed by atoms with Crippen molar-refractivity contribution in [1.29, 1.82) is 0 Å². The molecule has 17 heavy (non-hydrogen) atoms. The number of rotatable bonds is 5. The maximum Gasteiger partial charge on any atom is 0.129 e. The van der Waals surface area contributed by atoms with Crippen LogP contribution in [0.3, 0.4) is 0 Å². The first-order valence-electron chi connectivity index (χ1n) is 6.15. The molecule has 1 aromatic rings. The van der Waals surface area contributed by atoms with Gasteiger partial charge in [0.25, 0.3) is 0 Å². The van der Waals surface area contributed by atoms with Crippen molar-refractivity contribution in [2.75, 3.05) is 7.11 Å². The van der Waals surface area contributed by atoms with E-state index in [0.717, 1.165) is 29.7 Å². The molecule has 92 valence electrons. The van der Waals surface area contributed by atoms with Crippen LogP contribution in [0.1, 0.15) is 37.5 Å². The lowest BCUT2D eigenvalue weighted by Crippen LogP contribution is -1.96. The molecule has 1 rings (SSSR count). The Hall–Kier alpha value is -1.50. The predicted octanol–water partition coefficient (Wildman–Crippen LogP) is 4.41. The third-order valence-electron chi connectivity index (χ3n) is 2.80. The minimum atomic E-state index is 0.988. The number of ether oxygens (including phenoxy) is 1. The van der Waals surface area contributed by atoms with Crippen LogP contribution in [-0.4, -0.2) is 7.11 Å². The molecule has 0 fully saturated rings. The number of methoxy groups -OCH3 is 1. The summed E-state index contributed by atoms with van der Waals surface area (Å²) in [7, 11) is 1.73. The normalized spacial score (nSPS) is 10.8. The van der Waals surface area contributed by atoms with E-state index in [1.165, 1.54) is 11.1 Å². The second kappa shape index (κ2) is 6.29. The maximum absolute atomic E-state index is 5.52. The van der Waals surface area contributed by atoms with Gasteiger partial charge in [0.2, 0.25) is 0 Å². The highest BCUT2D eigenvalue weighted by atomic mass is 16.5. The van der Waals surface area contributed by atoms with Gasteiger partial charge in [-0.1, -0.05) is 44.2 Å². The van der Waals surface area contributed by atoms with Gasteiger partial charge in [0, 0.05) is 5.56 Å². The van der Waals surface area contributed by atoms with Crippen molar-refractivity contribution in [2.45, 2.75) is 33.6 Å². The van der Waals surface area contributed by atoms with Crippen LogP contribution in [0.4, 0.5) is 0 Å². The van der Waals surface area contributed by atoms with Crippen molar-refractivity contribution >= 4 is 6.08 Å². The van der Waals surface area contributed by atoms with Crippen LogP contribution in [-0.2, 0) is 12.8 Å². The number of hydrogen-bond acceptors (Lipinski definition) is 1. The number of benzene rings is 1. The molecule has 1 aromatic carbocycles. The molecule has 0 amide bonds. The number of allylic oxidation sites excluding steroid dienone is 2. The molecule has 0 aromatic heterocycles. The Kier molecular flexibility index (Phi) is 5.02. The van der Waals surface area contributed by atoms with Crippen molar-refractivity contribution in [2.24, 2.45) is 0 Å². The Bertz CT molecular complexity index is 427. The summed E-state index contributed by atoms with van der Waals surface area (Å²) in [6, 6.07) is 4.42. The first kappa shape index (κ1) is 13.6. The van der Waals surface area contributed by atoms with Gasteiger partial charge in [0.1, 0.15) is 5.75 Å². The molecule has 0 N–H and O–H groups in total. The zero-order valence-corrected chi connectivity index (χ0v) is 11.3. The van der Waals surface area contributed by atoms with E-state index in [0.29, 0.717) is 0 Å². The average Bonchev–Trinajstić information content (AvgIpc) is 2.34. The zero-order valence-electron chi connectivity index (χ0n) is 11.3. The largest absolute Gasteiger partial charge is 0.496 e. The Balaban J connectivity index is 3.28. The lowest BCUT2D eigenvalue weighted by molar-refractivity contribution is 0.409. The number of aryl methyl sites for hydroxylation is 2. The van der Waals surface area contributed by atoms with E-state index in [1.807, 2.05) is 13.0 Å². The third kappa shape index (κ3) is 3.48. The highest BCUT2D eigenvalue weighted by Crippen LogP contribution is 2.28. The van der Waals surface area contributed by atoms with E-state index in [1.54, 1.807) is 7.11 Å². The average molecular weight is 230 g/mol. The van der Waals surface area contributed by atoms with Gasteiger partial charge in [-0.05, 0) is 37.0 Å². The highest BCUT2D eigenvalue weighted by Gasteiger charge is 2.07. The summed E-state index contributed by atoms with van der Waals surface area (Å²) < 4.78 is 5.52. The molecule has 0 unspecified atom stereocenters. The summed E-state index contributed by atoms with van der Waals surface area (Å²) in [4.78, 5) is 0. The summed E-state index contributed by atoms with van der Waals surface area (Å²) in [5.41, 5.74) is 4.82. The topological polar surface area (TPSA) is 9.23 Å². The highest BCUT2D eigenvalue weighted by molar-refractivity contribution is 5.63. The molecule has 0 heterocycles. The maximum atomic E-state index is 5.52. The molecular formula is C16H22O. The van der Waals surface area contributed by atoms with Gasteiger partial charge < -0.3 is 4.74 Å². The Morgan fingerprint density at radius 2 is 2.00 bits per heavy atom. The van der Waals surface area contributed by atoms with Gasteiger partial charge in [-0.25, -0.2) is 0 Å². The van der Waals surface area contributed by atoms with Crippen molar-refractivity contribution in [3.8, 4) is 5.75 Å². The van der Waals surface area contributed by atoms with E-state index < -0.39 is 0 Å². The van der Waals surface area contributed by atoms with Crippen LogP contribution >= 0.6 is 0 Å². The van der Waals surface area contributed by atoms with Crippen LogP contribution in [0.5, 0.6) is 5.75 Å². The van der Waals surface area contributed by atoms with Crippen molar-refractivity contribution in [3.63, 3.8) is 0 Å². The fourth-order valence-corrected chi connectivity index (χ4v) is 1.85. The summed E-state index contributed by atoms with van der Waals surface area (Å²) >= 11 is 0. The molecule has 0 saturated carbocycles. The van der Waals surface area contributed by atoms with Gasteiger partial charge >= 0.3 is 0 Å². The Morgan fingerprint density at radius 3 is 2.47 bits per heavy atom. The first-order chi connectivity index (χ1) is 8.12. The molecule has 0 saturated heterocycles. The summed E-state index contributed by atoms with van der Waals surface area (Å²) in [6.07, 6.45) is 6.14. The lowest BCUT2D eigenvalue weighted by Gasteiger charge is -2.12. The molecule has 0 aliphatic heterocycles. The molecule has 0 aliphatic rings. The molecule has 1 nitrogen and oxygen atoms in total. The molecule has 0 radical (unpaired) electrons. The van der Waals surface area contributed by atoms with E-state index in [4.69, 9.17) is 4.74 Å². The minimum Gasteiger partial charge on any atom is -0.496 e. The molecule has 0 atom stereocenters. The molecular weight excluding hydrogens is 208 g/mol. The van der Waals surface area contributed by atoms with Crippen LogP contribution < -0.4 is 4.74 Å². The lowest BCUT2D eigenvalue weighted by atomic mass is 10.00. The van der Waals surface area contributed by atoms with Crippen LogP contribution in [0.15, 0.2) is 30.4 Å². The molecule has 0 aliphatic carbocycles. The monoisotopic (exact) mass is 230 g/mol. The van der Waals surface area contributed by atoms with Crippen LogP contribution in [0.2, 0.25) is 0 Å². The van der Waals surface area contributed by atoms with Crippen molar-refractivity contribution in [1.82, 2.24) is 0 Å². The summed E-state index contributed by atoms with van der Waals surface area (Å²) in [5.74, 6) is 0.988. The predicted molar refractivity (Wildman–Crippen MR) is 75.6 cm³/mol. The van der Waals surface area contributed by atoms with Gasteiger partial charge in [-0.3, -0.25) is 0 Å². The standard InChI is InChI=1S/C16H22O/c1-6-13-10-14(7-2)16(17-5)15(11-13)9-8-12(3)4/h8-11H,3,6-7H2,1-2,4-5H3. The van der Waals surface area contributed by atoms with E-state index in [-0.39, 0.29) is 0 Å². The fourth-order valence-electron chi connectivity index (χ4n) is 1.85. The van der Waals surface area contributed by atoms with Crippen LogP contribution in [0.25, 0.3) is 6.08 Å². The fraction of sp³-hybridized carbons (Fsp3) is 0.375. The number of hydrogen-bond donors (Lipinski definition) is 0. The van der Waals surface area contributed by atoms with Gasteiger partial charge in [0.15, 0.2) is 0 Å². The quantitative estimate of drug-likeness (QED) is 0.681. The smallest absolute Gasteiger partial charge is 0.129 e. The van der Waals surface area contributed by atoms with E-state index in [2.05, 4.69) is 38.6 Å². The third-order valence-corrected chi connectivity index (χ3v) is 2.80. The minimum absolute atomic E-state index is 0.988. The van der Waals surface area contributed by atoms with E-state index >= 15 is 0 Å². The first-order valence-corrected chi connectivity index (χ1v) is 6.15. The molecule has 1 heteroatoms. The Labute approximate surface area is 105 Å². The van der Waals surface area contributed by atoms with Gasteiger partial charge in [-0.15, -0.1) is 0 Å². The zero-order chi connectivity index (χ0) is 12.8. The second-order valence-corrected chi connectivity index (χ2v) is 4.26. The SMILES string of the molecule is C=C(C)C=Cc1cc(CC)cc(CC)c1OC. The second-order valence-electron chi connectivity index (χ2n) is 4.26. The van der Waals surface area contributed by atoms with Crippen molar-refractivity contribution in [3.05, 3.63) is 47.1 Å². The van der Waals surface area contributed by atoms with E-state index in [9.17, 15) is 0 Å². The van der Waals surface area contributed by atoms with Gasteiger partial charge in [0.05, 0.1) is 7.11 Å². The summed E-state index contributed by atoms with van der Waals surface area (Å²) in [6.45, 7) is 10.2. The Morgan fingerprint density at radius 1 is 1.29 bits per heavy atom. The summed E-state index contributed by atoms with van der Waals surface area (Å²) in [5, 5.41) is 0. The van der Waals surface area contributed by atoms with Gasteiger partial charge in [-0.2, -0.15) is 0 Å². The van der Waals surface area contributed by atoms with Crippen molar-refractivity contribution < 1.29 is 4.74 Å². The molecule has 0 bridgehead atoms.